The van der Waals surface area contributed by atoms with E-state index in [0.717, 1.165) is 28.1 Å². The smallest absolute Gasteiger partial charge is 0.101 e. The van der Waals surface area contributed by atoms with Crippen molar-refractivity contribution in [1.82, 2.24) is 4.57 Å². The lowest BCUT2D eigenvalue weighted by molar-refractivity contribution is 0.795. The molecule has 10 aromatic rings. The molecule has 0 unspecified atom stereocenters. The summed E-state index contributed by atoms with van der Waals surface area (Å²) in [5.74, 6) is 0. The lowest BCUT2D eigenvalue weighted by Crippen LogP contribution is -2.37. The van der Waals surface area contributed by atoms with Crippen molar-refractivity contribution in [3.8, 4) is 34.0 Å². The summed E-state index contributed by atoms with van der Waals surface area (Å²) in [6.07, 6.45) is 0. The summed E-state index contributed by atoms with van der Waals surface area (Å²) >= 11 is 0. The summed E-state index contributed by atoms with van der Waals surface area (Å²) in [6.45, 7) is 7.17. The summed E-state index contributed by atoms with van der Waals surface area (Å²) in [5, 5.41) is 16.9. The predicted octanol–water partition coefficient (Wildman–Crippen LogP) is 14.2. The fourth-order valence-corrected chi connectivity index (χ4v) is 11.9. The molecule has 1 heterocycles. The molecule has 0 fully saturated rings. The van der Waals surface area contributed by atoms with Gasteiger partial charge in [-0.05, 0) is 111 Å². The zero-order chi connectivity index (χ0) is 41.0. The SMILES string of the molecule is C[Si](C)(C)c1ccc(N(c2ccccc2C#N)c2cc3c(c4ccccc24)-c2cc4c(cc2C32c3ccccc3-c3ccccc32)c2ccccc2n4-c2ccccc2)cc1. The van der Waals surface area contributed by atoms with E-state index in [0.29, 0.717) is 5.56 Å². The molecule has 288 valence electrons. The van der Waals surface area contributed by atoms with Gasteiger partial charge in [-0.1, -0.05) is 158 Å². The van der Waals surface area contributed by atoms with Crippen molar-refractivity contribution in [3.05, 3.63) is 222 Å². The molecular weight excluding hydrogens is 755 g/mol. The van der Waals surface area contributed by atoms with E-state index in [1.165, 1.54) is 76.9 Å². The number of para-hydroxylation sites is 3. The number of anilines is 3. The maximum Gasteiger partial charge on any atom is 0.101 e. The van der Waals surface area contributed by atoms with Gasteiger partial charge in [-0.2, -0.15) is 5.26 Å². The largest absolute Gasteiger partial charge is 0.309 e. The average molecular weight is 796 g/mol. The molecule has 12 rings (SSSR count). The first kappa shape index (κ1) is 35.5. The van der Waals surface area contributed by atoms with Crippen molar-refractivity contribution in [1.29, 1.82) is 5.26 Å². The van der Waals surface area contributed by atoms with Crippen LogP contribution in [0.3, 0.4) is 0 Å². The lowest BCUT2D eigenvalue weighted by Gasteiger charge is -2.33. The van der Waals surface area contributed by atoms with Crippen molar-refractivity contribution < 1.29 is 0 Å². The Bertz CT molecular complexity index is 3430. The first-order valence-electron chi connectivity index (χ1n) is 21.2. The molecule has 4 heteroatoms. The van der Waals surface area contributed by atoms with Gasteiger partial charge in [0.15, 0.2) is 0 Å². The summed E-state index contributed by atoms with van der Waals surface area (Å²) in [7, 11) is -1.58. The summed E-state index contributed by atoms with van der Waals surface area (Å²) in [6, 6.07) is 73.8. The van der Waals surface area contributed by atoms with Crippen molar-refractivity contribution in [2.24, 2.45) is 0 Å². The Balaban J connectivity index is 1.26. The number of nitrogens with zero attached hydrogens (tertiary/aromatic N) is 3. The molecule has 2 aliphatic rings. The second kappa shape index (κ2) is 13.0. The van der Waals surface area contributed by atoms with Gasteiger partial charge in [0.1, 0.15) is 6.07 Å². The molecular formula is C57H41N3Si. The summed E-state index contributed by atoms with van der Waals surface area (Å²) in [4.78, 5) is 2.34. The van der Waals surface area contributed by atoms with Crippen LogP contribution < -0.4 is 10.1 Å². The second-order valence-corrected chi connectivity index (χ2v) is 22.6. The van der Waals surface area contributed by atoms with Crippen LogP contribution in [0.15, 0.2) is 194 Å². The maximum absolute atomic E-state index is 10.7. The highest BCUT2D eigenvalue weighted by molar-refractivity contribution is 6.88. The average Bonchev–Trinajstić information content (AvgIpc) is 3.90. The summed E-state index contributed by atoms with van der Waals surface area (Å²) < 4.78 is 2.44. The predicted molar refractivity (Wildman–Crippen MR) is 257 cm³/mol. The van der Waals surface area contributed by atoms with Gasteiger partial charge in [-0.25, -0.2) is 0 Å². The van der Waals surface area contributed by atoms with Gasteiger partial charge in [0.05, 0.1) is 41.5 Å². The van der Waals surface area contributed by atoms with E-state index in [1.54, 1.807) is 0 Å². The highest BCUT2D eigenvalue weighted by Gasteiger charge is 2.53. The van der Waals surface area contributed by atoms with E-state index >= 15 is 0 Å². The van der Waals surface area contributed by atoms with Crippen LogP contribution in [0, 0.1) is 11.3 Å². The number of hydrogen-bond acceptors (Lipinski definition) is 2. The van der Waals surface area contributed by atoms with Crippen molar-refractivity contribution >= 4 is 62.9 Å². The molecule has 0 radical (unpaired) electrons. The van der Waals surface area contributed by atoms with Crippen LogP contribution in [-0.4, -0.2) is 12.6 Å². The van der Waals surface area contributed by atoms with Gasteiger partial charge < -0.3 is 9.47 Å². The first-order chi connectivity index (χ1) is 29.9. The van der Waals surface area contributed by atoms with Gasteiger partial charge in [0.2, 0.25) is 0 Å². The highest BCUT2D eigenvalue weighted by Crippen LogP contribution is 2.65. The Kier molecular flexibility index (Phi) is 7.58. The van der Waals surface area contributed by atoms with Crippen LogP contribution in [0.2, 0.25) is 19.6 Å². The van der Waals surface area contributed by atoms with E-state index in [9.17, 15) is 5.26 Å². The van der Waals surface area contributed by atoms with Crippen LogP contribution in [0.5, 0.6) is 0 Å². The molecule has 0 bridgehead atoms. The molecule has 0 atom stereocenters. The Hall–Kier alpha value is -7.45. The van der Waals surface area contributed by atoms with Gasteiger partial charge in [0, 0.05) is 27.5 Å². The Labute approximate surface area is 357 Å². The number of nitriles is 1. The van der Waals surface area contributed by atoms with E-state index in [4.69, 9.17) is 0 Å². The minimum atomic E-state index is -1.58. The molecule has 0 saturated carbocycles. The molecule has 2 aliphatic carbocycles. The molecule has 61 heavy (non-hydrogen) atoms. The first-order valence-corrected chi connectivity index (χ1v) is 24.7. The van der Waals surface area contributed by atoms with Crippen LogP contribution >= 0.6 is 0 Å². The fraction of sp³-hybridized carbons (Fsp3) is 0.0702. The Morgan fingerprint density at radius 1 is 0.475 bits per heavy atom. The van der Waals surface area contributed by atoms with Gasteiger partial charge in [-0.3, -0.25) is 0 Å². The molecule has 9 aromatic carbocycles. The van der Waals surface area contributed by atoms with E-state index in [-0.39, 0.29) is 0 Å². The Morgan fingerprint density at radius 3 is 1.79 bits per heavy atom. The topological polar surface area (TPSA) is 32.0 Å². The monoisotopic (exact) mass is 795 g/mol. The third kappa shape index (κ3) is 4.90. The van der Waals surface area contributed by atoms with Crippen LogP contribution in [0.4, 0.5) is 17.1 Å². The van der Waals surface area contributed by atoms with Crippen molar-refractivity contribution in [3.63, 3.8) is 0 Å². The van der Waals surface area contributed by atoms with E-state index in [1.807, 2.05) is 18.2 Å². The third-order valence-corrected chi connectivity index (χ3v) is 15.4. The third-order valence-electron chi connectivity index (χ3n) is 13.4. The minimum absolute atomic E-state index is 0.608. The molecule has 0 amide bonds. The van der Waals surface area contributed by atoms with Crippen LogP contribution in [0.1, 0.15) is 27.8 Å². The van der Waals surface area contributed by atoms with Gasteiger partial charge >= 0.3 is 0 Å². The second-order valence-electron chi connectivity index (χ2n) is 17.6. The molecule has 0 N–H and O–H groups in total. The van der Waals surface area contributed by atoms with E-state index in [2.05, 4.69) is 211 Å². The Morgan fingerprint density at radius 2 is 1.08 bits per heavy atom. The zero-order valence-electron chi connectivity index (χ0n) is 34.3. The molecule has 3 nitrogen and oxygen atoms in total. The molecule has 1 aromatic heterocycles. The number of hydrogen-bond donors (Lipinski definition) is 0. The number of fused-ring (bicyclic) bond motifs is 15. The highest BCUT2D eigenvalue weighted by atomic mass is 28.3. The number of benzene rings is 9. The molecule has 0 aliphatic heterocycles. The van der Waals surface area contributed by atoms with Crippen LogP contribution in [-0.2, 0) is 5.41 Å². The quantitative estimate of drug-likeness (QED) is 0.163. The lowest BCUT2D eigenvalue weighted by atomic mass is 9.70. The minimum Gasteiger partial charge on any atom is -0.309 e. The summed E-state index contributed by atoms with van der Waals surface area (Å²) in [5.41, 5.74) is 16.7. The van der Waals surface area contributed by atoms with Crippen LogP contribution in [0.25, 0.3) is 60.5 Å². The number of rotatable bonds is 5. The van der Waals surface area contributed by atoms with Gasteiger partial charge in [-0.15, -0.1) is 0 Å². The normalized spacial score (nSPS) is 13.3. The van der Waals surface area contributed by atoms with Gasteiger partial charge in [0.25, 0.3) is 0 Å². The zero-order valence-corrected chi connectivity index (χ0v) is 35.3. The standard InChI is InChI=1S/C57H41N3Si/c1-61(2,3)40-31-29-39(30-32-40)59(52-27-15-7-17-37(52)36-58)55-35-51-56(45-24-9-8-22-43(45)55)47-34-54-46(44-23-12-16-28-53(44)60(54)38-18-5-4-6-19-38)33-50(47)57(51)48-25-13-10-20-41(48)42-21-11-14-26-49(42)57/h4-35H,1-3H3. The molecule has 0 saturated heterocycles. The maximum atomic E-state index is 10.7. The number of aromatic nitrogens is 1. The van der Waals surface area contributed by atoms with E-state index < -0.39 is 13.5 Å². The van der Waals surface area contributed by atoms with Crippen molar-refractivity contribution in [2.45, 2.75) is 25.1 Å². The molecule has 1 spiro atoms. The van der Waals surface area contributed by atoms with Crippen molar-refractivity contribution in [2.75, 3.05) is 4.90 Å². The fourth-order valence-electron chi connectivity index (χ4n) is 10.8.